The van der Waals surface area contributed by atoms with Gasteiger partial charge in [-0.15, -0.1) is 0 Å². The van der Waals surface area contributed by atoms with Crippen LogP contribution in [0.3, 0.4) is 0 Å². The third kappa shape index (κ3) is 1.71. The average molecular weight is 155 g/mol. The Morgan fingerprint density at radius 1 is 1.64 bits per heavy atom. The molecule has 4 heteroatoms. The second kappa shape index (κ2) is 2.92. The first kappa shape index (κ1) is 8.07. The molecule has 11 heavy (non-hydrogen) atoms. The van der Waals surface area contributed by atoms with E-state index < -0.39 is 6.10 Å². The van der Waals surface area contributed by atoms with Crippen LogP contribution in [0.4, 0.5) is 5.69 Å². The van der Waals surface area contributed by atoms with Crippen molar-refractivity contribution in [3.63, 3.8) is 0 Å². The molecule has 0 fully saturated rings. The van der Waals surface area contributed by atoms with Gasteiger partial charge in [-0.1, -0.05) is 0 Å². The molecule has 0 spiro atoms. The number of aromatic nitrogens is 2. The maximum atomic E-state index is 9.18. The van der Waals surface area contributed by atoms with E-state index in [1.54, 1.807) is 24.0 Å². The zero-order valence-corrected chi connectivity index (χ0v) is 6.73. The van der Waals surface area contributed by atoms with E-state index in [1.807, 2.05) is 6.92 Å². The first-order chi connectivity index (χ1) is 5.11. The molecule has 0 unspecified atom stereocenters. The molecular weight excluding hydrogens is 142 g/mol. The van der Waals surface area contributed by atoms with Crippen LogP contribution in [0.2, 0.25) is 0 Å². The van der Waals surface area contributed by atoms with Crippen LogP contribution in [-0.4, -0.2) is 21.0 Å². The van der Waals surface area contributed by atoms with E-state index in [1.165, 1.54) is 0 Å². The third-order valence-corrected chi connectivity index (χ3v) is 1.74. The van der Waals surface area contributed by atoms with Crippen LogP contribution >= 0.6 is 0 Å². The lowest BCUT2D eigenvalue weighted by atomic mass is 10.2. The number of aliphatic hydroxyl groups is 1. The van der Waals surface area contributed by atoms with Gasteiger partial charge in [-0.3, -0.25) is 4.68 Å². The normalized spacial score (nSPS) is 16.3. The van der Waals surface area contributed by atoms with Crippen LogP contribution in [0.15, 0.2) is 12.4 Å². The smallest absolute Gasteiger partial charge is 0.0748 e. The van der Waals surface area contributed by atoms with Gasteiger partial charge < -0.3 is 10.8 Å². The summed E-state index contributed by atoms with van der Waals surface area (Å²) in [5.41, 5.74) is 6.07. The van der Waals surface area contributed by atoms with E-state index in [4.69, 9.17) is 5.73 Å². The minimum atomic E-state index is -0.408. The number of nitrogens with two attached hydrogens (primary N) is 1. The van der Waals surface area contributed by atoms with Crippen molar-refractivity contribution < 1.29 is 5.11 Å². The molecule has 2 atom stereocenters. The van der Waals surface area contributed by atoms with Gasteiger partial charge in [-0.2, -0.15) is 5.10 Å². The fourth-order valence-electron chi connectivity index (χ4n) is 0.796. The molecule has 1 rings (SSSR count). The van der Waals surface area contributed by atoms with Crippen molar-refractivity contribution in [2.75, 3.05) is 5.73 Å². The zero-order valence-electron chi connectivity index (χ0n) is 6.73. The second-order valence-electron chi connectivity index (χ2n) is 2.73. The van der Waals surface area contributed by atoms with Crippen LogP contribution in [0.25, 0.3) is 0 Å². The van der Waals surface area contributed by atoms with Gasteiger partial charge in [-0.05, 0) is 13.8 Å². The van der Waals surface area contributed by atoms with Crippen LogP contribution in [0.1, 0.15) is 19.9 Å². The summed E-state index contributed by atoms with van der Waals surface area (Å²) in [6.07, 6.45) is 2.87. The lowest BCUT2D eigenvalue weighted by Gasteiger charge is -2.14. The van der Waals surface area contributed by atoms with Gasteiger partial charge in [0.05, 0.1) is 24.0 Å². The summed E-state index contributed by atoms with van der Waals surface area (Å²) in [7, 11) is 0. The van der Waals surface area contributed by atoms with Gasteiger partial charge in [0.25, 0.3) is 0 Å². The number of anilines is 1. The second-order valence-corrected chi connectivity index (χ2v) is 2.73. The standard InChI is InChI=1S/C7H13N3O/c1-5(6(2)11)10-4-7(8)3-9-10/h3-6,11H,8H2,1-2H3/t5-,6-/m0/s1. The quantitative estimate of drug-likeness (QED) is 0.650. The molecule has 0 aliphatic heterocycles. The highest BCUT2D eigenvalue weighted by molar-refractivity contribution is 5.30. The topological polar surface area (TPSA) is 64.1 Å². The van der Waals surface area contributed by atoms with Crippen molar-refractivity contribution >= 4 is 5.69 Å². The summed E-state index contributed by atoms with van der Waals surface area (Å²) in [5.74, 6) is 0. The Balaban J connectivity index is 2.76. The van der Waals surface area contributed by atoms with Gasteiger partial charge in [0, 0.05) is 6.20 Å². The molecule has 1 aromatic rings. The number of aliphatic hydroxyl groups excluding tert-OH is 1. The Morgan fingerprint density at radius 2 is 2.27 bits per heavy atom. The summed E-state index contributed by atoms with van der Waals surface area (Å²) >= 11 is 0. The molecule has 3 N–H and O–H groups in total. The van der Waals surface area contributed by atoms with E-state index in [2.05, 4.69) is 5.10 Å². The largest absolute Gasteiger partial charge is 0.396 e. The molecule has 0 bridgehead atoms. The summed E-state index contributed by atoms with van der Waals surface area (Å²) in [4.78, 5) is 0. The fourth-order valence-corrected chi connectivity index (χ4v) is 0.796. The predicted molar refractivity (Wildman–Crippen MR) is 43.0 cm³/mol. The molecule has 0 aromatic carbocycles. The highest BCUT2D eigenvalue weighted by atomic mass is 16.3. The van der Waals surface area contributed by atoms with Gasteiger partial charge in [0.1, 0.15) is 0 Å². The Labute approximate surface area is 65.6 Å². The Morgan fingerprint density at radius 3 is 2.64 bits per heavy atom. The maximum absolute atomic E-state index is 9.18. The summed E-state index contributed by atoms with van der Waals surface area (Å²) in [6, 6.07) is -0.0210. The fraction of sp³-hybridized carbons (Fsp3) is 0.571. The van der Waals surface area contributed by atoms with Crippen molar-refractivity contribution in [3.8, 4) is 0 Å². The Bertz CT molecular complexity index is 231. The summed E-state index contributed by atoms with van der Waals surface area (Å²) in [5, 5.41) is 13.2. The molecule has 1 heterocycles. The first-order valence-electron chi connectivity index (χ1n) is 3.59. The van der Waals surface area contributed by atoms with Crippen LogP contribution in [-0.2, 0) is 0 Å². The molecule has 1 aromatic heterocycles. The van der Waals surface area contributed by atoms with Gasteiger partial charge in [0.15, 0.2) is 0 Å². The monoisotopic (exact) mass is 155 g/mol. The number of nitrogen functional groups attached to an aromatic ring is 1. The van der Waals surface area contributed by atoms with E-state index in [-0.39, 0.29) is 6.04 Å². The lowest BCUT2D eigenvalue weighted by Crippen LogP contribution is -2.18. The molecule has 0 amide bonds. The molecule has 0 aliphatic carbocycles. The number of hydrogen-bond donors (Lipinski definition) is 2. The first-order valence-corrected chi connectivity index (χ1v) is 3.59. The van der Waals surface area contributed by atoms with Crippen molar-refractivity contribution in [1.82, 2.24) is 9.78 Å². The molecule has 0 saturated heterocycles. The molecular formula is C7H13N3O. The minimum absolute atomic E-state index is 0.0210. The highest BCUT2D eigenvalue weighted by Gasteiger charge is 2.10. The Hall–Kier alpha value is -1.03. The number of nitrogens with zero attached hydrogens (tertiary/aromatic N) is 2. The third-order valence-electron chi connectivity index (χ3n) is 1.74. The molecule has 0 saturated carbocycles. The molecule has 4 nitrogen and oxygen atoms in total. The van der Waals surface area contributed by atoms with E-state index in [0.29, 0.717) is 5.69 Å². The van der Waals surface area contributed by atoms with Gasteiger partial charge in [-0.25, -0.2) is 0 Å². The average Bonchev–Trinajstić information content (AvgIpc) is 2.34. The van der Waals surface area contributed by atoms with Crippen molar-refractivity contribution in [2.45, 2.75) is 26.0 Å². The highest BCUT2D eigenvalue weighted by Crippen LogP contribution is 2.10. The minimum Gasteiger partial charge on any atom is -0.396 e. The van der Waals surface area contributed by atoms with E-state index in [9.17, 15) is 5.11 Å². The number of hydrogen-bond acceptors (Lipinski definition) is 3. The molecule has 0 aliphatic rings. The van der Waals surface area contributed by atoms with Gasteiger partial charge >= 0.3 is 0 Å². The van der Waals surface area contributed by atoms with Gasteiger partial charge in [0.2, 0.25) is 0 Å². The van der Waals surface area contributed by atoms with Crippen molar-refractivity contribution in [3.05, 3.63) is 12.4 Å². The lowest BCUT2D eigenvalue weighted by molar-refractivity contribution is 0.132. The van der Waals surface area contributed by atoms with E-state index in [0.717, 1.165) is 0 Å². The summed E-state index contributed by atoms with van der Waals surface area (Å²) in [6.45, 7) is 3.61. The van der Waals surface area contributed by atoms with Crippen molar-refractivity contribution in [1.29, 1.82) is 0 Å². The molecule has 62 valence electrons. The predicted octanol–water partition coefficient (Wildman–Crippen LogP) is 0.407. The zero-order chi connectivity index (χ0) is 8.43. The number of rotatable bonds is 2. The van der Waals surface area contributed by atoms with Crippen molar-refractivity contribution in [2.24, 2.45) is 0 Å². The van der Waals surface area contributed by atoms with E-state index >= 15 is 0 Å². The van der Waals surface area contributed by atoms with Crippen LogP contribution < -0.4 is 5.73 Å². The SMILES string of the molecule is C[C@H](O)[C@H](C)n1cc(N)cn1. The maximum Gasteiger partial charge on any atom is 0.0748 e. The van der Waals surface area contributed by atoms with Crippen LogP contribution in [0.5, 0.6) is 0 Å². The molecule has 0 radical (unpaired) electrons. The van der Waals surface area contributed by atoms with Crippen LogP contribution in [0, 0.1) is 0 Å². The Kier molecular flexibility index (Phi) is 2.14. The summed E-state index contributed by atoms with van der Waals surface area (Å²) < 4.78 is 1.65.